The molecule has 1 aliphatic carbocycles. The van der Waals surface area contributed by atoms with E-state index in [0.717, 1.165) is 18.9 Å². The van der Waals surface area contributed by atoms with E-state index < -0.39 is 91.1 Å². The normalized spacial score (nSPS) is 21.0. The lowest BCUT2D eigenvalue weighted by atomic mass is 9.79. The van der Waals surface area contributed by atoms with E-state index in [1.54, 1.807) is 27.4 Å². The molecule has 24 nitrogen and oxygen atoms in total. The molecule has 10 rings (SSSR count). The first-order chi connectivity index (χ1) is 38.3. The van der Waals surface area contributed by atoms with Gasteiger partial charge in [0.1, 0.15) is 42.9 Å². The summed E-state index contributed by atoms with van der Waals surface area (Å²) in [5, 5.41) is 43.6. The number of aromatic nitrogens is 1. The molecule has 26 heteroatoms. The molecule has 6 atom stereocenters. The van der Waals surface area contributed by atoms with Gasteiger partial charge in [-0.3, -0.25) is 49.6 Å². The van der Waals surface area contributed by atoms with Gasteiger partial charge < -0.3 is 38.6 Å². The highest BCUT2D eigenvalue weighted by Crippen LogP contribution is 2.53. The number of non-ortho nitro benzene ring substituents is 3. The molecule has 3 amide bonds. The third-order valence-electron chi connectivity index (χ3n) is 15.1. The van der Waals surface area contributed by atoms with Crippen LogP contribution in [-0.2, 0) is 48.4 Å². The molecule has 1 aromatic heterocycles. The standard InChI is InChI=1S/C54H51FN8O16S/c1-29-46-45(30(2)64)51(67)60(46)47(53(69)78-27-32-5-11-36(12-6-32)62(73)74)49(29)80-38-21-44(59(24-38)54(70)79-28-33-7-13-37(14-8-33)63(75)76)50(66)57-19-17-56(18-20-57)43-23-42-39(22-41(43)55)48(65)40(25-58(42)34-15-16-34)52(68)77-26-31-3-9-35(10-4-31)61(71)72/h3-14,22-23,25,29-30,34,38,44-46,64H,15-21,24,26-28H2,1-2H3/t29-,30-,38+,44+,45-,46-/m1/s1. The van der Waals surface area contributed by atoms with Crippen LogP contribution in [0.2, 0.25) is 0 Å². The second-order valence-electron chi connectivity index (χ2n) is 20.2. The van der Waals surface area contributed by atoms with Crippen LogP contribution in [0.3, 0.4) is 0 Å². The van der Waals surface area contributed by atoms with Gasteiger partial charge in [-0.2, -0.15) is 0 Å². The number of pyridine rings is 1. The van der Waals surface area contributed by atoms with Gasteiger partial charge in [0.15, 0.2) is 0 Å². The average molecular weight is 1120 g/mol. The number of amides is 3. The first kappa shape index (κ1) is 54.6. The number of carbonyl (C=O) groups excluding carboxylic acids is 5. The minimum atomic E-state index is -1.11. The summed E-state index contributed by atoms with van der Waals surface area (Å²) >= 11 is 1.20. The van der Waals surface area contributed by atoms with Crippen LogP contribution in [0.5, 0.6) is 0 Å². The van der Waals surface area contributed by atoms with E-state index in [1.807, 2.05) is 0 Å². The number of esters is 2. The number of likely N-dealkylation sites (tertiary alicyclic amines) is 1. The number of aliphatic hydroxyl groups is 1. The fraction of sp³-hybridized carbons (Fsp3) is 0.370. The zero-order valence-electron chi connectivity index (χ0n) is 42.9. The number of fused-ring (bicyclic) bond motifs is 2. The van der Waals surface area contributed by atoms with Crippen molar-refractivity contribution in [2.75, 3.05) is 37.6 Å². The van der Waals surface area contributed by atoms with Gasteiger partial charge in [-0.1, -0.05) is 6.92 Å². The molecular formula is C54H51FN8O16S. The third-order valence-corrected chi connectivity index (χ3v) is 16.6. The van der Waals surface area contributed by atoms with Crippen molar-refractivity contribution in [2.24, 2.45) is 11.8 Å². The van der Waals surface area contributed by atoms with Crippen molar-refractivity contribution in [1.29, 1.82) is 0 Å². The number of hydrogen-bond acceptors (Lipinski definition) is 18. The molecule has 5 heterocycles. The SMILES string of the molecule is C[C@@H](O)[C@H]1C(=O)N2C(C(=O)OCc3ccc([N+](=O)[O-])cc3)=C(S[C@H]3C[C@@H](C(=O)N4CCN(c5cc6c(cc5F)c(=O)c(C(=O)OCc5ccc([N+](=O)[O-])cc5)cn6C5CC5)CC4)N(C(=O)OCc4ccc([N+](=O)[O-])cc4)C3)[C@H](C)[C@H]12. The lowest BCUT2D eigenvalue weighted by molar-refractivity contribution is -0.385. The number of hydrogen-bond donors (Lipinski definition) is 1. The molecule has 5 aromatic rings. The minimum absolute atomic E-state index is 0.0424. The van der Waals surface area contributed by atoms with Crippen molar-refractivity contribution in [3.63, 3.8) is 0 Å². The van der Waals surface area contributed by atoms with Gasteiger partial charge in [0.2, 0.25) is 17.2 Å². The van der Waals surface area contributed by atoms with Crippen LogP contribution in [0.4, 0.5) is 31.9 Å². The Hall–Kier alpha value is -8.78. The number of benzene rings is 4. The summed E-state index contributed by atoms with van der Waals surface area (Å²) in [5.74, 6) is -4.82. The van der Waals surface area contributed by atoms with Gasteiger partial charge in [0.25, 0.3) is 17.1 Å². The molecule has 0 radical (unpaired) electrons. The molecule has 1 N–H and O–H groups in total. The van der Waals surface area contributed by atoms with Gasteiger partial charge in [0.05, 0.1) is 44.0 Å². The summed E-state index contributed by atoms with van der Waals surface area (Å²) in [5.41, 5.74) is 0.298. The molecule has 1 saturated carbocycles. The Kier molecular flexibility index (Phi) is 15.1. The van der Waals surface area contributed by atoms with E-state index in [4.69, 9.17) is 14.2 Å². The fourth-order valence-corrected chi connectivity index (χ4v) is 12.3. The predicted octanol–water partition coefficient (Wildman–Crippen LogP) is 6.53. The number of anilines is 1. The van der Waals surface area contributed by atoms with Crippen molar-refractivity contribution in [2.45, 2.75) is 82.4 Å². The Morgan fingerprint density at radius 3 is 1.80 bits per heavy atom. The Morgan fingerprint density at radius 1 is 0.762 bits per heavy atom. The van der Waals surface area contributed by atoms with E-state index >= 15 is 4.39 Å². The summed E-state index contributed by atoms with van der Waals surface area (Å²) in [6, 6.07) is 17.0. The van der Waals surface area contributed by atoms with Gasteiger partial charge in [-0.05, 0) is 91.4 Å². The number of aliphatic hydroxyl groups excluding tert-OH is 1. The first-order valence-corrected chi connectivity index (χ1v) is 26.5. The van der Waals surface area contributed by atoms with Crippen LogP contribution in [0.15, 0.2) is 107 Å². The number of piperazine rings is 1. The lowest BCUT2D eigenvalue weighted by Crippen LogP contribution is -2.63. The summed E-state index contributed by atoms with van der Waals surface area (Å²) in [6.45, 7) is 2.80. The highest BCUT2D eigenvalue weighted by atomic mass is 32.2. The van der Waals surface area contributed by atoms with E-state index in [0.29, 0.717) is 27.1 Å². The Bertz CT molecular complexity index is 3460. The van der Waals surface area contributed by atoms with Gasteiger partial charge >= 0.3 is 18.0 Å². The maximum atomic E-state index is 16.3. The zero-order chi connectivity index (χ0) is 56.8. The average Bonchev–Trinajstić information content (AvgIpc) is 4.26. The van der Waals surface area contributed by atoms with Crippen molar-refractivity contribution < 1.29 is 62.5 Å². The van der Waals surface area contributed by atoms with Crippen LogP contribution >= 0.6 is 11.8 Å². The van der Waals surface area contributed by atoms with E-state index in [9.17, 15) is 64.2 Å². The smallest absolute Gasteiger partial charge is 0.410 e. The van der Waals surface area contributed by atoms with E-state index in [1.165, 1.54) is 107 Å². The number of halogens is 1. The molecule has 4 fully saturated rings. The second-order valence-corrected chi connectivity index (χ2v) is 21.6. The van der Waals surface area contributed by atoms with Crippen LogP contribution < -0.4 is 10.3 Å². The van der Waals surface area contributed by atoms with Crippen LogP contribution in [0.25, 0.3) is 10.9 Å². The fourth-order valence-electron chi connectivity index (χ4n) is 10.8. The van der Waals surface area contributed by atoms with Crippen LogP contribution in [0.1, 0.15) is 66.2 Å². The molecule has 0 spiro atoms. The van der Waals surface area contributed by atoms with Crippen LogP contribution in [0, 0.1) is 48.0 Å². The maximum Gasteiger partial charge on any atom is 0.410 e. The predicted molar refractivity (Wildman–Crippen MR) is 282 cm³/mol. The first-order valence-electron chi connectivity index (χ1n) is 25.6. The Morgan fingerprint density at radius 2 is 1.29 bits per heavy atom. The zero-order valence-corrected chi connectivity index (χ0v) is 43.7. The molecule has 4 aliphatic heterocycles. The molecule has 416 valence electrons. The van der Waals surface area contributed by atoms with Crippen LogP contribution in [-0.4, -0.2) is 125 Å². The quantitative estimate of drug-likeness (QED) is 0.0340. The van der Waals surface area contributed by atoms with Crippen molar-refractivity contribution in [3.05, 3.63) is 170 Å². The molecule has 0 unspecified atom stereocenters. The molecule has 5 aliphatic rings. The maximum absolute atomic E-state index is 16.3. The monoisotopic (exact) mass is 1120 g/mol. The Labute approximate surface area is 457 Å². The third kappa shape index (κ3) is 10.7. The highest BCUT2D eigenvalue weighted by Gasteiger charge is 2.61. The van der Waals surface area contributed by atoms with Gasteiger partial charge in [0, 0.05) is 103 Å². The summed E-state index contributed by atoms with van der Waals surface area (Å²) in [4.78, 5) is 122. The molecule has 0 bridgehead atoms. The van der Waals surface area contributed by atoms with Crippen molar-refractivity contribution in [1.82, 2.24) is 19.3 Å². The number of thioether (sulfide) groups is 1. The second kappa shape index (κ2) is 22.2. The molecule has 4 aromatic carbocycles. The summed E-state index contributed by atoms with van der Waals surface area (Å²) < 4.78 is 34.9. The lowest BCUT2D eigenvalue weighted by Gasteiger charge is -2.46. The van der Waals surface area contributed by atoms with Crippen molar-refractivity contribution in [3.8, 4) is 0 Å². The largest absolute Gasteiger partial charge is 0.457 e. The highest BCUT2D eigenvalue weighted by molar-refractivity contribution is 8.03. The minimum Gasteiger partial charge on any atom is -0.457 e. The molecule has 80 heavy (non-hydrogen) atoms. The topological polar surface area (TPSA) is 298 Å². The van der Waals surface area contributed by atoms with Gasteiger partial charge in [-0.25, -0.2) is 18.8 Å². The van der Waals surface area contributed by atoms with Crippen molar-refractivity contribution >= 4 is 75.3 Å². The molecule has 3 saturated heterocycles. The summed E-state index contributed by atoms with van der Waals surface area (Å²) in [6.07, 6.45) is 1.02. The number of ether oxygens (including phenoxy) is 3. The van der Waals surface area contributed by atoms with E-state index in [2.05, 4.69) is 0 Å². The number of nitro benzene ring substituents is 3. The number of β-lactam (4-membered cyclic amide) rings is 1. The Balaban J connectivity index is 0.869. The number of rotatable bonds is 17. The summed E-state index contributed by atoms with van der Waals surface area (Å²) in [7, 11) is 0. The molecular weight excluding hydrogens is 1070 g/mol. The number of carbonyl (C=O) groups is 5. The van der Waals surface area contributed by atoms with E-state index in [-0.39, 0.29) is 104 Å². The number of nitro groups is 3. The van der Waals surface area contributed by atoms with Gasteiger partial charge in [-0.15, -0.1) is 11.8 Å². The number of nitrogens with zero attached hydrogens (tertiary/aromatic N) is 8.